The maximum Gasteiger partial charge on any atom is 0.269 e. The van der Waals surface area contributed by atoms with Gasteiger partial charge in [0.2, 0.25) is 0 Å². The van der Waals surface area contributed by atoms with Crippen molar-refractivity contribution in [3.05, 3.63) is 92.3 Å². The summed E-state index contributed by atoms with van der Waals surface area (Å²) in [5, 5.41) is 28.2. The first-order chi connectivity index (χ1) is 13.5. The molecule has 0 bridgehead atoms. The lowest BCUT2D eigenvalue weighted by Crippen LogP contribution is -2.12. The van der Waals surface area contributed by atoms with Crippen molar-refractivity contribution in [3.63, 3.8) is 0 Å². The van der Waals surface area contributed by atoms with Gasteiger partial charge in [0.05, 0.1) is 11.0 Å². The second-order valence-corrected chi connectivity index (χ2v) is 7.41. The molecule has 7 heteroatoms. The van der Waals surface area contributed by atoms with Crippen LogP contribution in [0.25, 0.3) is 10.9 Å². The Bertz CT molecular complexity index is 1160. The van der Waals surface area contributed by atoms with Crippen LogP contribution in [0.1, 0.15) is 22.0 Å². The van der Waals surface area contributed by atoms with Crippen molar-refractivity contribution in [2.45, 2.75) is 13.0 Å². The van der Waals surface area contributed by atoms with Gasteiger partial charge in [-0.05, 0) is 36.1 Å². The molecular weight excluding hydrogens is 374 g/mol. The predicted molar refractivity (Wildman–Crippen MR) is 111 cm³/mol. The summed E-state index contributed by atoms with van der Waals surface area (Å²) in [6.07, 6.45) is 1.65. The Labute approximate surface area is 165 Å². The molecule has 2 N–H and O–H groups in total. The maximum atomic E-state index is 11.0. The molecule has 1 unspecified atom stereocenters. The molecular formula is C21H17N3O3S. The first kappa shape index (κ1) is 17.9. The minimum absolute atomic E-state index is 0.0495. The highest BCUT2D eigenvalue weighted by Crippen LogP contribution is 2.38. The van der Waals surface area contributed by atoms with Gasteiger partial charge in [-0.1, -0.05) is 24.3 Å². The minimum Gasteiger partial charge on any atom is -0.505 e. The molecule has 4 aromatic rings. The van der Waals surface area contributed by atoms with E-state index in [4.69, 9.17) is 0 Å². The van der Waals surface area contributed by atoms with Crippen LogP contribution in [-0.2, 0) is 0 Å². The van der Waals surface area contributed by atoms with E-state index in [0.717, 1.165) is 21.5 Å². The fourth-order valence-electron chi connectivity index (χ4n) is 3.21. The Morgan fingerprint density at radius 1 is 1.18 bits per heavy atom. The molecule has 0 saturated carbocycles. The van der Waals surface area contributed by atoms with Gasteiger partial charge in [-0.3, -0.25) is 15.1 Å². The second kappa shape index (κ2) is 7.28. The number of aryl methyl sites for hydroxylation is 1. The van der Waals surface area contributed by atoms with Crippen LogP contribution in [0, 0.1) is 17.0 Å². The predicted octanol–water partition coefficient (Wildman–Crippen LogP) is 5.42. The standard InChI is InChI=1S/C21H17N3O3S/c1-13-12-15(24(26)27)7-9-17(13)23-20(18-5-3-11-28-18)16-8-6-14-4-2-10-22-19(14)21(16)25/h2-12,20,23,25H,1H3. The molecule has 2 aromatic carbocycles. The van der Waals surface area contributed by atoms with Crippen molar-refractivity contribution in [2.24, 2.45) is 0 Å². The van der Waals surface area contributed by atoms with Crippen molar-refractivity contribution >= 4 is 33.6 Å². The number of anilines is 1. The number of non-ortho nitro benzene ring substituents is 1. The number of nitro groups is 1. The second-order valence-electron chi connectivity index (χ2n) is 6.43. The number of aromatic hydroxyl groups is 1. The summed E-state index contributed by atoms with van der Waals surface area (Å²) in [6, 6.07) is 15.9. The van der Waals surface area contributed by atoms with Gasteiger partial charge in [0, 0.05) is 39.8 Å². The molecule has 0 radical (unpaired) electrons. The number of benzene rings is 2. The first-order valence-corrected chi connectivity index (χ1v) is 9.54. The highest BCUT2D eigenvalue weighted by Gasteiger charge is 2.22. The number of aromatic nitrogens is 1. The fourth-order valence-corrected chi connectivity index (χ4v) is 4.01. The largest absolute Gasteiger partial charge is 0.505 e. The summed E-state index contributed by atoms with van der Waals surface area (Å²) in [5.74, 6) is 0.128. The highest BCUT2D eigenvalue weighted by atomic mass is 32.1. The maximum absolute atomic E-state index is 11.0. The molecule has 0 amide bonds. The minimum atomic E-state index is -0.408. The first-order valence-electron chi connectivity index (χ1n) is 8.66. The van der Waals surface area contributed by atoms with E-state index in [2.05, 4.69) is 10.3 Å². The summed E-state index contributed by atoms with van der Waals surface area (Å²) in [4.78, 5) is 15.9. The van der Waals surface area contributed by atoms with Gasteiger partial charge >= 0.3 is 0 Å². The number of nitro benzene ring substituents is 1. The molecule has 2 heterocycles. The summed E-state index contributed by atoms with van der Waals surface area (Å²) < 4.78 is 0. The van der Waals surface area contributed by atoms with Crippen LogP contribution < -0.4 is 5.32 Å². The van der Waals surface area contributed by atoms with Gasteiger partial charge in [-0.25, -0.2) is 0 Å². The van der Waals surface area contributed by atoms with Crippen LogP contribution in [0.15, 0.2) is 66.2 Å². The van der Waals surface area contributed by atoms with Crippen LogP contribution in [0.2, 0.25) is 0 Å². The van der Waals surface area contributed by atoms with Crippen molar-refractivity contribution in [1.82, 2.24) is 4.98 Å². The zero-order valence-corrected chi connectivity index (χ0v) is 15.8. The molecule has 6 nitrogen and oxygen atoms in total. The van der Waals surface area contributed by atoms with E-state index < -0.39 is 4.92 Å². The molecule has 2 aromatic heterocycles. The van der Waals surface area contributed by atoms with Crippen molar-refractivity contribution in [1.29, 1.82) is 0 Å². The molecule has 0 saturated heterocycles. The topological polar surface area (TPSA) is 88.3 Å². The lowest BCUT2D eigenvalue weighted by molar-refractivity contribution is -0.384. The number of pyridine rings is 1. The zero-order valence-electron chi connectivity index (χ0n) is 15.0. The van der Waals surface area contributed by atoms with E-state index >= 15 is 0 Å². The fraction of sp³-hybridized carbons (Fsp3) is 0.0952. The summed E-state index contributed by atoms with van der Waals surface area (Å²) in [5.41, 5.74) is 2.82. The number of hydrogen-bond acceptors (Lipinski definition) is 6. The third-order valence-electron chi connectivity index (χ3n) is 4.64. The SMILES string of the molecule is Cc1cc([N+](=O)[O-])ccc1NC(c1cccs1)c1ccc2cccnc2c1O. The average Bonchev–Trinajstić information content (AvgIpc) is 3.22. The smallest absolute Gasteiger partial charge is 0.269 e. The van der Waals surface area contributed by atoms with Gasteiger partial charge in [-0.15, -0.1) is 11.3 Å². The van der Waals surface area contributed by atoms with Crippen LogP contribution in [-0.4, -0.2) is 15.0 Å². The van der Waals surface area contributed by atoms with E-state index in [-0.39, 0.29) is 17.5 Å². The quantitative estimate of drug-likeness (QED) is 0.350. The molecule has 28 heavy (non-hydrogen) atoms. The Balaban J connectivity index is 1.80. The Morgan fingerprint density at radius 3 is 2.75 bits per heavy atom. The molecule has 0 aliphatic carbocycles. The Kier molecular flexibility index (Phi) is 4.67. The van der Waals surface area contributed by atoms with Gasteiger partial charge < -0.3 is 10.4 Å². The number of nitrogens with zero attached hydrogens (tertiary/aromatic N) is 2. The van der Waals surface area contributed by atoms with Crippen LogP contribution in [0.4, 0.5) is 11.4 Å². The van der Waals surface area contributed by atoms with Gasteiger partial charge in [0.25, 0.3) is 5.69 Å². The number of rotatable bonds is 5. The third kappa shape index (κ3) is 3.27. The van der Waals surface area contributed by atoms with E-state index in [1.54, 1.807) is 23.6 Å². The number of nitrogens with one attached hydrogen (secondary N) is 1. The average molecular weight is 391 g/mol. The molecule has 4 rings (SSSR count). The summed E-state index contributed by atoms with van der Waals surface area (Å²) >= 11 is 1.57. The lowest BCUT2D eigenvalue weighted by Gasteiger charge is -2.22. The number of phenolic OH excluding ortho intramolecular Hbond substituents is 1. The van der Waals surface area contributed by atoms with Crippen molar-refractivity contribution in [2.75, 3.05) is 5.32 Å². The van der Waals surface area contributed by atoms with Gasteiger partial charge in [0.1, 0.15) is 11.3 Å². The number of fused-ring (bicyclic) bond motifs is 1. The Morgan fingerprint density at radius 2 is 2.04 bits per heavy atom. The molecule has 0 fully saturated rings. The van der Waals surface area contributed by atoms with E-state index in [0.29, 0.717) is 11.1 Å². The van der Waals surface area contributed by atoms with Crippen LogP contribution in [0.5, 0.6) is 5.75 Å². The normalized spacial score (nSPS) is 12.0. The lowest BCUT2D eigenvalue weighted by atomic mass is 10.0. The van der Waals surface area contributed by atoms with Crippen LogP contribution >= 0.6 is 11.3 Å². The van der Waals surface area contributed by atoms with Crippen LogP contribution in [0.3, 0.4) is 0 Å². The monoisotopic (exact) mass is 391 g/mol. The summed E-state index contributed by atoms with van der Waals surface area (Å²) in [6.45, 7) is 1.82. The van der Waals surface area contributed by atoms with Gasteiger partial charge in [0.15, 0.2) is 0 Å². The van der Waals surface area contributed by atoms with E-state index in [1.165, 1.54) is 12.1 Å². The highest BCUT2D eigenvalue weighted by molar-refractivity contribution is 7.10. The summed E-state index contributed by atoms with van der Waals surface area (Å²) in [7, 11) is 0. The number of phenols is 1. The zero-order chi connectivity index (χ0) is 19.7. The Hall–Kier alpha value is -3.45. The molecule has 0 aliphatic rings. The van der Waals surface area contributed by atoms with Crippen molar-refractivity contribution < 1.29 is 10.0 Å². The molecule has 0 spiro atoms. The van der Waals surface area contributed by atoms with E-state index in [9.17, 15) is 15.2 Å². The third-order valence-corrected chi connectivity index (χ3v) is 5.58. The number of thiophene rings is 1. The molecule has 1 atom stereocenters. The molecule has 0 aliphatic heterocycles. The number of hydrogen-bond donors (Lipinski definition) is 2. The van der Waals surface area contributed by atoms with Gasteiger partial charge in [-0.2, -0.15) is 0 Å². The van der Waals surface area contributed by atoms with Crippen molar-refractivity contribution in [3.8, 4) is 5.75 Å². The molecule has 140 valence electrons. The van der Waals surface area contributed by atoms with E-state index in [1.807, 2.05) is 48.7 Å².